The van der Waals surface area contributed by atoms with Crippen LogP contribution in [-0.2, 0) is 0 Å². The zero-order valence-corrected chi connectivity index (χ0v) is 11.2. The van der Waals surface area contributed by atoms with E-state index in [2.05, 4.69) is 4.98 Å². The van der Waals surface area contributed by atoms with Gasteiger partial charge in [0.05, 0.1) is 16.8 Å². The number of aromatic carboxylic acids is 1. The van der Waals surface area contributed by atoms with Crippen molar-refractivity contribution in [3.63, 3.8) is 0 Å². The monoisotopic (exact) mass is 275 g/mol. The third kappa shape index (κ3) is 2.98. The van der Waals surface area contributed by atoms with E-state index in [1.807, 2.05) is 48.6 Å². The molecular formula is C18H13NO2. The Bertz CT molecular complexity index is 820. The van der Waals surface area contributed by atoms with Gasteiger partial charge in [-0.15, -0.1) is 0 Å². The minimum absolute atomic E-state index is 0.288. The first-order chi connectivity index (χ1) is 10.2. The van der Waals surface area contributed by atoms with Gasteiger partial charge in [-0.3, -0.25) is 0 Å². The van der Waals surface area contributed by atoms with E-state index in [1.54, 1.807) is 24.3 Å². The third-order valence-electron chi connectivity index (χ3n) is 3.22. The molecule has 3 rings (SSSR count). The summed E-state index contributed by atoms with van der Waals surface area (Å²) in [6.45, 7) is 0. The van der Waals surface area contributed by atoms with Gasteiger partial charge < -0.3 is 5.11 Å². The van der Waals surface area contributed by atoms with E-state index in [-0.39, 0.29) is 5.56 Å². The van der Waals surface area contributed by atoms with Crippen LogP contribution in [0.1, 0.15) is 21.6 Å². The average Bonchev–Trinajstić information content (AvgIpc) is 2.53. The van der Waals surface area contributed by atoms with Crippen molar-refractivity contribution in [3.8, 4) is 0 Å². The van der Waals surface area contributed by atoms with E-state index in [0.717, 1.165) is 22.2 Å². The molecule has 0 saturated carbocycles. The smallest absolute Gasteiger partial charge is 0.335 e. The van der Waals surface area contributed by atoms with Crippen LogP contribution in [0.4, 0.5) is 0 Å². The van der Waals surface area contributed by atoms with Crippen molar-refractivity contribution in [1.82, 2.24) is 4.98 Å². The lowest BCUT2D eigenvalue weighted by Crippen LogP contribution is -1.94. The Morgan fingerprint density at radius 3 is 2.43 bits per heavy atom. The summed E-state index contributed by atoms with van der Waals surface area (Å²) in [4.78, 5) is 15.3. The van der Waals surface area contributed by atoms with Crippen LogP contribution in [0.25, 0.3) is 23.1 Å². The van der Waals surface area contributed by atoms with Gasteiger partial charge in [-0.1, -0.05) is 42.5 Å². The van der Waals surface area contributed by atoms with Gasteiger partial charge in [0, 0.05) is 5.39 Å². The lowest BCUT2D eigenvalue weighted by molar-refractivity contribution is 0.0697. The highest BCUT2D eigenvalue weighted by molar-refractivity contribution is 5.88. The largest absolute Gasteiger partial charge is 0.478 e. The Labute approximate surface area is 122 Å². The second-order valence-corrected chi connectivity index (χ2v) is 4.69. The van der Waals surface area contributed by atoms with Gasteiger partial charge in [0.15, 0.2) is 0 Å². The van der Waals surface area contributed by atoms with Crippen molar-refractivity contribution in [2.75, 3.05) is 0 Å². The van der Waals surface area contributed by atoms with Crippen molar-refractivity contribution in [3.05, 3.63) is 77.5 Å². The first-order valence-electron chi connectivity index (χ1n) is 6.60. The summed E-state index contributed by atoms with van der Waals surface area (Å²) in [6, 6.07) is 18.7. The van der Waals surface area contributed by atoms with Crippen LogP contribution in [0.3, 0.4) is 0 Å². The van der Waals surface area contributed by atoms with E-state index >= 15 is 0 Å². The fourth-order valence-corrected chi connectivity index (χ4v) is 2.09. The van der Waals surface area contributed by atoms with Gasteiger partial charge in [-0.2, -0.15) is 0 Å². The van der Waals surface area contributed by atoms with E-state index in [0.29, 0.717) is 0 Å². The molecule has 21 heavy (non-hydrogen) atoms. The number of rotatable bonds is 3. The molecule has 0 fully saturated rings. The summed E-state index contributed by atoms with van der Waals surface area (Å²) >= 11 is 0. The molecule has 2 aromatic carbocycles. The van der Waals surface area contributed by atoms with Crippen molar-refractivity contribution in [2.45, 2.75) is 0 Å². The van der Waals surface area contributed by atoms with Gasteiger partial charge in [-0.05, 0) is 35.9 Å². The van der Waals surface area contributed by atoms with Crippen molar-refractivity contribution in [2.24, 2.45) is 0 Å². The third-order valence-corrected chi connectivity index (χ3v) is 3.22. The number of hydrogen-bond acceptors (Lipinski definition) is 2. The molecule has 102 valence electrons. The molecule has 0 spiro atoms. The van der Waals surface area contributed by atoms with E-state index < -0.39 is 5.97 Å². The number of carbonyl (C=O) groups is 1. The molecule has 1 aromatic heterocycles. The SMILES string of the molecule is O=C(O)c1ccc(C=Cc2ccc3ccccc3n2)cc1. The topological polar surface area (TPSA) is 50.2 Å². The summed E-state index contributed by atoms with van der Waals surface area (Å²) in [7, 11) is 0. The number of carboxylic acid groups (broad SMARTS) is 1. The molecule has 0 bridgehead atoms. The van der Waals surface area contributed by atoms with Crippen molar-refractivity contribution >= 4 is 29.0 Å². The number of hydrogen-bond donors (Lipinski definition) is 1. The molecule has 0 aliphatic rings. The molecule has 0 saturated heterocycles. The molecule has 0 amide bonds. The lowest BCUT2D eigenvalue weighted by Gasteiger charge is -1.99. The highest BCUT2D eigenvalue weighted by Gasteiger charge is 2.00. The normalized spacial score (nSPS) is 11.0. The van der Waals surface area contributed by atoms with Gasteiger partial charge in [-0.25, -0.2) is 9.78 Å². The molecule has 1 heterocycles. The van der Waals surface area contributed by atoms with Gasteiger partial charge >= 0.3 is 5.97 Å². The number of para-hydroxylation sites is 1. The number of carboxylic acids is 1. The van der Waals surface area contributed by atoms with Crippen molar-refractivity contribution in [1.29, 1.82) is 0 Å². The number of benzene rings is 2. The highest BCUT2D eigenvalue weighted by atomic mass is 16.4. The lowest BCUT2D eigenvalue weighted by atomic mass is 10.1. The summed E-state index contributed by atoms with van der Waals surface area (Å²) in [5.41, 5.74) is 3.06. The minimum atomic E-state index is -0.915. The second-order valence-electron chi connectivity index (χ2n) is 4.69. The molecule has 3 nitrogen and oxygen atoms in total. The zero-order chi connectivity index (χ0) is 14.7. The van der Waals surface area contributed by atoms with Crippen LogP contribution in [0.5, 0.6) is 0 Å². The fraction of sp³-hybridized carbons (Fsp3) is 0. The summed E-state index contributed by atoms with van der Waals surface area (Å²) in [6.07, 6.45) is 3.84. The van der Waals surface area contributed by atoms with Crippen LogP contribution in [-0.4, -0.2) is 16.1 Å². The fourth-order valence-electron chi connectivity index (χ4n) is 2.09. The van der Waals surface area contributed by atoms with E-state index in [4.69, 9.17) is 5.11 Å². The van der Waals surface area contributed by atoms with Gasteiger partial charge in [0.1, 0.15) is 0 Å². The van der Waals surface area contributed by atoms with Crippen LogP contribution >= 0.6 is 0 Å². The minimum Gasteiger partial charge on any atom is -0.478 e. The van der Waals surface area contributed by atoms with E-state index in [1.165, 1.54) is 0 Å². The molecule has 3 heteroatoms. The van der Waals surface area contributed by atoms with Crippen LogP contribution < -0.4 is 0 Å². The number of pyridine rings is 1. The molecule has 3 aromatic rings. The number of aromatic nitrogens is 1. The Balaban J connectivity index is 1.85. The maximum atomic E-state index is 10.8. The summed E-state index contributed by atoms with van der Waals surface area (Å²) < 4.78 is 0. The predicted molar refractivity (Wildman–Crippen MR) is 84.1 cm³/mol. The highest BCUT2D eigenvalue weighted by Crippen LogP contribution is 2.14. The standard InChI is InChI=1S/C18H13NO2/c20-18(21)15-8-5-13(6-9-15)7-11-16-12-10-14-3-1-2-4-17(14)19-16/h1-12H,(H,20,21). The maximum absolute atomic E-state index is 10.8. The van der Waals surface area contributed by atoms with Gasteiger partial charge in [0.2, 0.25) is 0 Å². The first-order valence-corrected chi connectivity index (χ1v) is 6.60. The Hall–Kier alpha value is -2.94. The molecule has 0 aliphatic heterocycles. The molecule has 0 atom stereocenters. The number of nitrogens with zero attached hydrogens (tertiary/aromatic N) is 1. The predicted octanol–water partition coefficient (Wildman–Crippen LogP) is 4.10. The second kappa shape index (κ2) is 5.59. The zero-order valence-electron chi connectivity index (χ0n) is 11.2. The molecule has 0 unspecified atom stereocenters. The van der Waals surface area contributed by atoms with Crippen LogP contribution in [0, 0.1) is 0 Å². The Morgan fingerprint density at radius 1 is 0.905 bits per heavy atom. The Kier molecular flexibility index (Phi) is 3.48. The average molecular weight is 275 g/mol. The van der Waals surface area contributed by atoms with E-state index in [9.17, 15) is 4.79 Å². The molecule has 0 radical (unpaired) electrons. The quantitative estimate of drug-likeness (QED) is 0.782. The summed E-state index contributed by atoms with van der Waals surface area (Å²) in [5.74, 6) is -0.915. The number of fused-ring (bicyclic) bond motifs is 1. The first kappa shape index (κ1) is 13.1. The maximum Gasteiger partial charge on any atom is 0.335 e. The Morgan fingerprint density at radius 2 is 1.67 bits per heavy atom. The van der Waals surface area contributed by atoms with Crippen LogP contribution in [0.15, 0.2) is 60.7 Å². The summed E-state index contributed by atoms with van der Waals surface area (Å²) in [5, 5.41) is 9.97. The molecule has 0 aliphatic carbocycles. The molecule has 1 N–H and O–H groups in total. The van der Waals surface area contributed by atoms with Gasteiger partial charge in [0.25, 0.3) is 0 Å². The van der Waals surface area contributed by atoms with Crippen LogP contribution in [0.2, 0.25) is 0 Å². The van der Waals surface area contributed by atoms with Crippen molar-refractivity contribution < 1.29 is 9.90 Å². The molecular weight excluding hydrogens is 262 g/mol.